The molecule has 0 bridgehead atoms. The minimum Gasteiger partial charge on any atom is -0.344 e. The second-order valence-corrected chi connectivity index (χ2v) is 6.74. The van der Waals surface area contributed by atoms with Crippen molar-refractivity contribution in [1.29, 1.82) is 0 Å². The van der Waals surface area contributed by atoms with Gasteiger partial charge in [0.05, 0.1) is 0 Å². The van der Waals surface area contributed by atoms with Crippen LogP contribution < -0.4 is 12.3 Å². The van der Waals surface area contributed by atoms with Crippen LogP contribution in [0.25, 0.3) is 0 Å². The first-order valence-electron chi connectivity index (χ1n) is 4.12. The van der Waals surface area contributed by atoms with E-state index >= 15 is 0 Å². The van der Waals surface area contributed by atoms with E-state index in [1.54, 1.807) is 8.87 Å². The minimum atomic E-state index is 0. The van der Waals surface area contributed by atoms with Crippen LogP contribution in [0.1, 0.15) is 39.5 Å². The van der Waals surface area contributed by atoms with Gasteiger partial charge in [-0.3, -0.25) is 0 Å². The second kappa shape index (κ2) is 17.0. The summed E-state index contributed by atoms with van der Waals surface area (Å²) in [6, 6.07) is 0. The summed E-state index contributed by atoms with van der Waals surface area (Å²) >= 11 is 0.149. The number of hydrogen-bond donors (Lipinski definition) is 2. The fourth-order valence-electron chi connectivity index (χ4n) is 0.729. The third-order valence-corrected chi connectivity index (χ3v) is 5.45. The number of unbranched alkanes of at least 4 members (excludes halogenated alkanes) is 2. The molecule has 70 valence electrons. The first-order valence-corrected chi connectivity index (χ1v) is 8.16. The van der Waals surface area contributed by atoms with Crippen LogP contribution in [0.5, 0.6) is 0 Å². The van der Waals surface area contributed by atoms with Crippen molar-refractivity contribution in [2.45, 2.75) is 48.4 Å². The first kappa shape index (κ1) is 17.7. The Hall–Kier alpha value is 0.719. The summed E-state index contributed by atoms with van der Waals surface area (Å²) in [5.74, 6) is 0. The van der Waals surface area contributed by atoms with Crippen LogP contribution >= 0.6 is 0 Å². The Morgan fingerprint density at radius 3 is 1.45 bits per heavy atom. The molecule has 0 spiro atoms. The van der Waals surface area contributed by atoms with E-state index in [9.17, 15) is 0 Å². The molecule has 0 aliphatic rings. The maximum atomic E-state index is 2.29. The van der Waals surface area contributed by atoms with Crippen molar-refractivity contribution in [3.63, 3.8) is 0 Å². The molecule has 3 heteroatoms. The largest absolute Gasteiger partial charge is 0.344 e. The van der Waals surface area contributed by atoms with Gasteiger partial charge in [-0.25, -0.2) is 0 Å². The van der Waals surface area contributed by atoms with Crippen LogP contribution in [-0.2, 0) is 0 Å². The Bertz CT molecular complexity index is 45.4. The van der Waals surface area contributed by atoms with Gasteiger partial charge in [0.2, 0.25) is 0 Å². The van der Waals surface area contributed by atoms with Gasteiger partial charge in [-0.1, -0.05) is 0 Å². The van der Waals surface area contributed by atoms with E-state index in [-0.39, 0.29) is 33.4 Å². The molecular formula is C8H24N2Sn. The molecule has 0 aliphatic carbocycles. The van der Waals surface area contributed by atoms with E-state index in [1.807, 2.05) is 0 Å². The van der Waals surface area contributed by atoms with E-state index in [0.29, 0.717) is 0 Å². The van der Waals surface area contributed by atoms with E-state index < -0.39 is 0 Å². The zero-order chi connectivity index (χ0) is 6.95. The zero-order valence-corrected chi connectivity index (χ0v) is 11.0. The monoisotopic (exact) mass is 268 g/mol. The zero-order valence-electron chi connectivity index (χ0n) is 8.16. The third kappa shape index (κ3) is 18.0. The van der Waals surface area contributed by atoms with Gasteiger partial charge in [0.25, 0.3) is 0 Å². The minimum absolute atomic E-state index is 0. The molecule has 0 rings (SSSR count). The van der Waals surface area contributed by atoms with Crippen LogP contribution in [0.2, 0.25) is 8.87 Å². The Morgan fingerprint density at radius 2 is 1.18 bits per heavy atom. The Morgan fingerprint density at radius 1 is 0.818 bits per heavy atom. The average molecular weight is 267 g/mol. The predicted octanol–water partition coefficient (Wildman–Crippen LogP) is 3.45. The van der Waals surface area contributed by atoms with Gasteiger partial charge in [0.15, 0.2) is 0 Å². The molecule has 0 saturated heterocycles. The van der Waals surface area contributed by atoms with Gasteiger partial charge in [-0.2, -0.15) is 0 Å². The summed E-state index contributed by atoms with van der Waals surface area (Å²) < 4.78 is 3.25. The molecule has 11 heavy (non-hydrogen) atoms. The molecule has 6 N–H and O–H groups in total. The maximum absolute atomic E-state index is 2.29. The quantitative estimate of drug-likeness (QED) is 0.571. The van der Waals surface area contributed by atoms with Gasteiger partial charge in [-0.05, 0) is 0 Å². The smallest absolute Gasteiger partial charge is 0.344 e. The van der Waals surface area contributed by atoms with Crippen LogP contribution in [0.3, 0.4) is 0 Å². The van der Waals surface area contributed by atoms with Crippen molar-refractivity contribution in [3.8, 4) is 0 Å². The van der Waals surface area contributed by atoms with Gasteiger partial charge in [-0.15, -0.1) is 0 Å². The van der Waals surface area contributed by atoms with Crippen LogP contribution in [-0.4, -0.2) is 21.1 Å². The second-order valence-electron chi connectivity index (χ2n) is 2.46. The van der Waals surface area contributed by atoms with Crippen molar-refractivity contribution in [1.82, 2.24) is 12.3 Å². The van der Waals surface area contributed by atoms with Gasteiger partial charge in [0.1, 0.15) is 0 Å². The summed E-state index contributed by atoms with van der Waals surface area (Å²) in [6.45, 7) is 4.58. The Kier molecular flexibility index (Phi) is 27.4. The number of rotatable bonds is 6. The van der Waals surface area contributed by atoms with Gasteiger partial charge >= 0.3 is 69.5 Å². The molecule has 2 nitrogen and oxygen atoms in total. The molecule has 0 aromatic rings. The molecule has 2 radical (unpaired) electrons. The SMILES string of the molecule is CCC[CH2][Sn][CH2]CCC.N.N. The topological polar surface area (TPSA) is 70.0 Å². The fraction of sp³-hybridized carbons (Fsp3) is 1.00. The standard InChI is InChI=1S/2C4H9.2H3N.Sn/c2*1-3-4-2;;;/h2*1,3-4H2,2H3;2*1H3;. The third-order valence-electron chi connectivity index (χ3n) is 1.41. The van der Waals surface area contributed by atoms with Gasteiger partial charge in [0, 0.05) is 0 Å². The summed E-state index contributed by atoms with van der Waals surface area (Å²) in [5, 5.41) is 0. The van der Waals surface area contributed by atoms with Crippen molar-refractivity contribution >= 4 is 21.1 Å². The molecule has 0 aromatic heterocycles. The molecule has 0 aromatic carbocycles. The summed E-state index contributed by atoms with van der Waals surface area (Å²) in [5.41, 5.74) is 0. The Labute approximate surface area is 81.9 Å². The Balaban J connectivity index is -0.000000320. The van der Waals surface area contributed by atoms with Crippen molar-refractivity contribution in [3.05, 3.63) is 0 Å². The predicted molar refractivity (Wildman–Crippen MR) is 55.2 cm³/mol. The van der Waals surface area contributed by atoms with Crippen molar-refractivity contribution in [2.75, 3.05) is 0 Å². The maximum Gasteiger partial charge on any atom is -0.344 e. The molecule has 0 fully saturated rings. The summed E-state index contributed by atoms with van der Waals surface area (Å²) in [6.07, 6.45) is 5.84. The van der Waals surface area contributed by atoms with Crippen LogP contribution in [0, 0.1) is 0 Å². The molecule has 0 amide bonds. The van der Waals surface area contributed by atoms with Crippen molar-refractivity contribution < 1.29 is 0 Å². The fourth-order valence-corrected chi connectivity index (χ4v) is 4.89. The molecule has 0 atom stereocenters. The van der Waals surface area contributed by atoms with Crippen molar-refractivity contribution in [2.24, 2.45) is 0 Å². The molecule has 0 heterocycles. The molecule has 0 unspecified atom stereocenters. The molecular weight excluding hydrogens is 243 g/mol. The molecule has 0 aliphatic heterocycles. The summed E-state index contributed by atoms with van der Waals surface area (Å²) in [4.78, 5) is 0. The molecule has 0 saturated carbocycles. The number of hydrogen-bond acceptors (Lipinski definition) is 2. The normalized spacial score (nSPS) is 8.18. The average Bonchev–Trinajstić information content (AvgIpc) is 1.89. The van der Waals surface area contributed by atoms with E-state index in [2.05, 4.69) is 13.8 Å². The van der Waals surface area contributed by atoms with Crippen LogP contribution in [0.15, 0.2) is 0 Å². The summed E-state index contributed by atoms with van der Waals surface area (Å²) in [7, 11) is 0. The van der Waals surface area contributed by atoms with Gasteiger partial charge < -0.3 is 12.3 Å². The van der Waals surface area contributed by atoms with Crippen LogP contribution in [0.4, 0.5) is 0 Å². The van der Waals surface area contributed by atoms with E-state index in [0.717, 1.165) is 0 Å². The van der Waals surface area contributed by atoms with E-state index in [1.165, 1.54) is 25.7 Å². The van der Waals surface area contributed by atoms with E-state index in [4.69, 9.17) is 0 Å². The first-order chi connectivity index (χ1) is 4.41.